The Morgan fingerprint density at radius 3 is 1.29 bits per heavy atom. The molecule has 0 spiro atoms. The standard InChI is InChI=1S/C16H28O16P3S3/c1-24-3-5-26-7-9-28-12-11(17)13(30-33-36(18)19)16(32-35-38(22)23)14(15(12)31-34-37(20)21)29-10-8-27-6-4-25-2/h11-16H,3-10H2,1-2H3/q-7/t11-,12?,13-,14?,15+,16?/m1/s1. The Morgan fingerprint density at radius 1 is 0.500 bits per heavy atom. The van der Waals surface area contributed by atoms with E-state index < -0.39 is 91.3 Å². The molecule has 0 aliphatic heterocycles. The molecule has 0 heterocycles. The third-order valence-electron chi connectivity index (χ3n) is 4.56. The van der Waals surface area contributed by atoms with E-state index in [2.05, 4.69) is 0 Å². The van der Waals surface area contributed by atoms with Gasteiger partial charge in [-0.3, -0.25) is 0 Å². The van der Waals surface area contributed by atoms with Crippen LogP contribution in [-0.2, 0) is 73.9 Å². The van der Waals surface area contributed by atoms with Gasteiger partial charge in [0.1, 0.15) is 18.3 Å². The third kappa shape index (κ3) is 15.5. The molecular weight excluding hydrogens is 637 g/mol. The molecule has 0 radical (unpaired) electrons. The van der Waals surface area contributed by atoms with Crippen molar-refractivity contribution in [3.8, 4) is 0 Å². The van der Waals surface area contributed by atoms with Crippen molar-refractivity contribution in [3.63, 3.8) is 0 Å². The van der Waals surface area contributed by atoms with Crippen molar-refractivity contribution in [2.45, 2.75) is 36.6 Å². The summed E-state index contributed by atoms with van der Waals surface area (Å²) >= 11 is 0. The monoisotopic (exact) mass is 665 g/mol. The predicted molar refractivity (Wildman–Crippen MR) is 131 cm³/mol. The van der Waals surface area contributed by atoms with Crippen LogP contribution in [0.4, 0.5) is 0 Å². The van der Waals surface area contributed by atoms with Gasteiger partial charge in [0.2, 0.25) is 0 Å². The Balaban J connectivity index is 3.26. The summed E-state index contributed by atoms with van der Waals surface area (Å²) in [6, 6.07) is 0. The zero-order valence-corrected chi connectivity index (χ0v) is 25.4. The van der Waals surface area contributed by atoms with Crippen LogP contribution in [0, 0.1) is 0 Å². The average Bonchev–Trinajstić information content (AvgIpc) is 2.86. The fourth-order valence-electron chi connectivity index (χ4n) is 3.09. The van der Waals surface area contributed by atoms with Crippen LogP contribution in [0.3, 0.4) is 0 Å². The first kappa shape index (κ1) is 37.3. The Morgan fingerprint density at radius 2 is 0.868 bits per heavy atom. The number of hydrogen-bond donors (Lipinski definition) is 0. The first-order valence-corrected chi connectivity index (χ1v) is 18.1. The van der Waals surface area contributed by atoms with Crippen LogP contribution in [-0.4, -0.2) is 131 Å². The number of hydrogen-bond acceptors (Lipinski definition) is 16. The lowest BCUT2D eigenvalue weighted by Crippen LogP contribution is -2.69. The minimum atomic E-state index is -2.75. The van der Waals surface area contributed by atoms with Crippen LogP contribution in [0.5, 0.6) is 0 Å². The van der Waals surface area contributed by atoms with Gasteiger partial charge in [0.25, 0.3) is 0 Å². The molecule has 228 valence electrons. The van der Waals surface area contributed by atoms with Gasteiger partial charge in [-0.1, -0.05) is 6.10 Å². The van der Waals surface area contributed by atoms with Crippen molar-refractivity contribution in [2.24, 2.45) is 0 Å². The maximum Gasteiger partial charge on any atom is 0.124 e. The Hall–Kier alpha value is 1.31. The molecule has 1 aliphatic rings. The molecule has 1 aliphatic carbocycles. The van der Waals surface area contributed by atoms with Crippen molar-refractivity contribution < 1.29 is 74.4 Å². The van der Waals surface area contributed by atoms with Crippen LogP contribution in [0.1, 0.15) is 0 Å². The molecule has 38 heavy (non-hydrogen) atoms. The summed E-state index contributed by atoms with van der Waals surface area (Å²) in [5.74, 6) is 0. The minimum Gasteiger partial charge on any atom is -0.848 e. The quantitative estimate of drug-likeness (QED) is 0.111. The highest BCUT2D eigenvalue weighted by atomic mass is 32.5. The second-order valence-corrected chi connectivity index (χ2v) is 13.3. The van der Waals surface area contributed by atoms with E-state index in [0.717, 1.165) is 0 Å². The van der Waals surface area contributed by atoms with Gasteiger partial charge in [-0.25, -0.2) is 0 Å². The summed E-state index contributed by atoms with van der Waals surface area (Å²) in [5, 5.41) is 13.4. The third-order valence-corrected chi connectivity index (χ3v) is 7.78. The minimum absolute atomic E-state index is 0.0315. The Bertz CT molecular complexity index is 726. The number of rotatable bonds is 20. The Kier molecular flexibility index (Phi) is 22.5. The molecule has 0 saturated heterocycles. The second-order valence-electron chi connectivity index (χ2n) is 6.93. The molecule has 0 amide bonds. The lowest BCUT2D eigenvalue weighted by molar-refractivity contribution is -0.473. The first-order chi connectivity index (χ1) is 18.2. The van der Waals surface area contributed by atoms with E-state index in [9.17, 15) is 32.4 Å². The summed E-state index contributed by atoms with van der Waals surface area (Å²) in [5.41, 5.74) is 0. The molecule has 0 aromatic rings. The van der Waals surface area contributed by atoms with Gasteiger partial charge in [0.05, 0.1) is 87.8 Å². The Labute approximate surface area is 232 Å². The second kappa shape index (κ2) is 22.9. The van der Waals surface area contributed by atoms with Crippen LogP contribution >= 0.6 is 22.7 Å². The van der Waals surface area contributed by atoms with Crippen molar-refractivity contribution in [1.82, 2.24) is 0 Å². The molecule has 0 aromatic carbocycles. The molecule has 1 rings (SSSR count). The highest BCUT2D eigenvalue weighted by molar-refractivity contribution is 8.12. The van der Waals surface area contributed by atoms with Gasteiger partial charge in [-0.2, -0.15) is 0 Å². The highest BCUT2D eigenvalue weighted by Gasteiger charge is 2.50. The molecule has 3 unspecified atom stereocenters. The predicted octanol–water partition coefficient (Wildman–Crippen LogP) is -1.05. The summed E-state index contributed by atoms with van der Waals surface area (Å²) < 4.78 is 115. The van der Waals surface area contributed by atoms with Crippen molar-refractivity contribution in [2.75, 3.05) is 67.1 Å². The van der Waals surface area contributed by atoms with Crippen molar-refractivity contribution in [3.05, 3.63) is 0 Å². The first-order valence-electron chi connectivity index (χ1n) is 10.6. The number of methoxy groups -OCH3 is 2. The molecule has 0 aromatic heterocycles. The van der Waals surface area contributed by atoms with Gasteiger partial charge in [0.15, 0.2) is 0 Å². The zero-order chi connectivity index (χ0) is 28.3. The topological polar surface area (TPSA) is 244 Å². The summed E-state index contributed by atoms with van der Waals surface area (Å²) in [7, 11) is -7.05. The molecule has 16 nitrogen and oxygen atoms in total. The average molecular weight is 666 g/mol. The molecule has 22 heteroatoms. The van der Waals surface area contributed by atoms with Gasteiger partial charge < -0.3 is 106 Å². The maximum atomic E-state index is 13.4. The molecule has 1 fully saturated rings. The maximum absolute atomic E-state index is 13.4. The lowest BCUT2D eigenvalue weighted by atomic mass is 9.84. The molecular formula is C16H28O16P3S3-7. The van der Waals surface area contributed by atoms with E-state index in [0.29, 0.717) is 13.2 Å². The van der Waals surface area contributed by atoms with E-state index in [1.165, 1.54) is 14.2 Å². The van der Waals surface area contributed by atoms with E-state index in [1.54, 1.807) is 0 Å². The molecule has 0 N–H and O–H groups in total. The number of ether oxygens (including phenoxy) is 6. The van der Waals surface area contributed by atoms with Crippen LogP contribution in [0.2, 0.25) is 0 Å². The fourth-order valence-corrected chi connectivity index (χ4v) is 5.85. The SMILES string of the molecule is COCCOCCOC1C(OP=S([O-])[O-])[C@H](OP=S([O-])[O-])[C@H]([O-])C(OCCOCCOC)[C@@H]1OP=S([O-])[O-]. The van der Waals surface area contributed by atoms with Gasteiger partial charge in [-0.05, 0) is 0 Å². The van der Waals surface area contributed by atoms with E-state index in [4.69, 9.17) is 42.0 Å². The van der Waals surface area contributed by atoms with Crippen molar-refractivity contribution >= 4 is 54.7 Å². The molecule has 6 atom stereocenters. The van der Waals surface area contributed by atoms with Gasteiger partial charge in [0, 0.05) is 14.2 Å². The largest absolute Gasteiger partial charge is 0.848 e. The molecule has 1 saturated carbocycles. The smallest absolute Gasteiger partial charge is 0.124 e. The van der Waals surface area contributed by atoms with E-state index in [-0.39, 0.29) is 39.6 Å². The fraction of sp³-hybridized carbons (Fsp3) is 1.00. The summed E-state index contributed by atoms with van der Waals surface area (Å²) in [6.45, 7) is 0.912. The summed E-state index contributed by atoms with van der Waals surface area (Å²) in [6.07, 6.45) is -9.18. The summed E-state index contributed by atoms with van der Waals surface area (Å²) in [4.78, 5) is 0. The van der Waals surface area contributed by atoms with Gasteiger partial charge >= 0.3 is 0 Å². The zero-order valence-electron chi connectivity index (χ0n) is 20.2. The molecule has 0 bridgehead atoms. The van der Waals surface area contributed by atoms with Crippen LogP contribution in [0.25, 0.3) is 0 Å². The van der Waals surface area contributed by atoms with E-state index >= 15 is 0 Å². The van der Waals surface area contributed by atoms with E-state index in [1.807, 2.05) is 0 Å². The lowest BCUT2D eigenvalue weighted by Gasteiger charge is -2.52. The van der Waals surface area contributed by atoms with Gasteiger partial charge in [-0.15, -0.1) is 0 Å². The highest BCUT2D eigenvalue weighted by Crippen LogP contribution is 2.36. The van der Waals surface area contributed by atoms with Crippen LogP contribution in [0.15, 0.2) is 0 Å². The van der Waals surface area contributed by atoms with Crippen LogP contribution < -0.4 is 5.11 Å². The van der Waals surface area contributed by atoms with Crippen molar-refractivity contribution in [1.29, 1.82) is 0 Å². The normalized spacial score (nSPS) is 26.5.